The lowest BCUT2D eigenvalue weighted by Crippen LogP contribution is -2.31. The van der Waals surface area contributed by atoms with Crippen LogP contribution in [0, 0.1) is 21.7 Å². The summed E-state index contributed by atoms with van der Waals surface area (Å²) in [5.74, 6) is -2.25. The summed E-state index contributed by atoms with van der Waals surface area (Å²) in [5, 5.41) is 10.7. The van der Waals surface area contributed by atoms with Crippen molar-refractivity contribution in [3.05, 3.63) is 64.0 Å². The van der Waals surface area contributed by atoms with Gasteiger partial charge >= 0.3 is 5.69 Å². The van der Waals surface area contributed by atoms with Crippen LogP contribution >= 0.6 is 11.5 Å². The highest BCUT2D eigenvalue weighted by molar-refractivity contribution is 7.93. The molecule has 0 aliphatic carbocycles. The maximum atomic E-state index is 14.5. The largest absolute Gasteiger partial charge is 0.497 e. The number of hydrogen-bond donors (Lipinski definition) is 0. The molecule has 31 heavy (non-hydrogen) atoms. The molecule has 0 N–H and O–H groups in total. The number of nitro benzene ring substituents is 1. The third kappa shape index (κ3) is 4.39. The van der Waals surface area contributed by atoms with E-state index >= 15 is 0 Å². The first-order chi connectivity index (χ1) is 14.7. The number of nitro groups is 1. The van der Waals surface area contributed by atoms with Crippen molar-refractivity contribution in [1.82, 2.24) is 9.36 Å². The fraction of sp³-hybridized carbons (Fsp3) is 0.176. The molecule has 0 saturated carbocycles. The smallest absolute Gasteiger partial charge is 0.307 e. The summed E-state index contributed by atoms with van der Waals surface area (Å²) in [7, 11) is -1.93. The molecule has 0 bridgehead atoms. The summed E-state index contributed by atoms with van der Waals surface area (Å²) in [6.45, 7) is -0.372. The predicted octanol–water partition coefficient (Wildman–Crippen LogP) is 3.14. The average Bonchev–Trinajstić information content (AvgIpc) is 3.27. The molecule has 0 amide bonds. The molecule has 1 heterocycles. The van der Waals surface area contributed by atoms with Gasteiger partial charge in [-0.25, -0.2) is 22.1 Å². The third-order valence-corrected chi connectivity index (χ3v) is 6.69. The van der Waals surface area contributed by atoms with E-state index in [0.29, 0.717) is 27.2 Å². The maximum absolute atomic E-state index is 14.5. The molecular formula is C17H14F2N4O6S2. The number of ether oxygens (including phenoxy) is 2. The van der Waals surface area contributed by atoms with Crippen LogP contribution in [0.25, 0.3) is 0 Å². The van der Waals surface area contributed by atoms with Crippen molar-refractivity contribution in [1.29, 1.82) is 0 Å². The number of methoxy groups -OCH3 is 2. The van der Waals surface area contributed by atoms with Crippen LogP contribution < -0.4 is 13.8 Å². The Balaban J connectivity index is 2.12. The van der Waals surface area contributed by atoms with Gasteiger partial charge in [0.25, 0.3) is 10.0 Å². The lowest BCUT2D eigenvalue weighted by molar-refractivity contribution is -0.387. The van der Waals surface area contributed by atoms with Crippen LogP contribution in [0.2, 0.25) is 0 Å². The van der Waals surface area contributed by atoms with Gasteiger partial charge in [0, 0.05) is 29.2 Å². The van der Waals surface area contributed by atoms with Gasteiger partial charge in [0.1, 0.15) is 22.7 Å². The van der Waals surface area contributed by atoms with E-state index in [0.717, 1.165) is 6.33 Å². The number of aromatic nitrogens is 2. The Morgan fingerprint density at radius 2 is 1.90 bits per heavy atom. The van der Waals surface area contributed by atoms with E-state index in [-0.39, 0.29) is 29.6 Å². The van der Waals surface area contributed by atoms with Crippen LogP contribution in [0.15, 0.2) is 41.6 Å². The van der Waals surface area contributed by atoms with Gasteiger partial charge in [-0.15, -0.1) is 0 Å². The lowest BCUT2D eigenvalue weighted by atomic mass is 10.2. The van der Waals surface area contributed by atoms with Crippen LogP contribution in [-0.4, -0.2) is 36.9 Å². The molecule has 0 spiro atoms. The molecule has 164 valence electrons. The first-order valence-corrected chi connectivity index (χ1v) is 10.5. The highest BCUT2D eigenvalue weighted by Crippen LogP contribution is 2.33. The van der Waals surface area contributed by atoms with Gasteiger partial charge in [0.05, 0.1) is 31.8 Å². The summed E-state index contributed by atoms with van der Waals surface area (Å²) in [5.41, 5.74) is -0.819. The second-order valence-corrected chi connectivity index (χ2v) is 8.49. The monoisotopic (exact) mass is 472 g/mol. The molecular weight excluding hydrogens is 458 g/mol. The number of sulfonamides is 1. The molecule has 10 nitrogen and oxygen atoms in total. The van der Waals surface area contributed by atoms with Crippen molar-refractivity contribution >= 4 is 32.4 Å². The zero-order valence-electron chi connectivity index (χ0n) is 16.0. The van der Waals surface area contributed by atoms with Crippen LogP contribution in [0.4, 0.5) is 19.6 Å². The minimum atomic E-state index is -4.74. The summed E-state index contributed by atoms with van der Waals surface area (Å²) >= 11 is 0.707. The average molecular weight is 472 g/mol. The summed E-state index contributed by atoms with van der Waals surface area (Å²) in [6.07, 6.45) is 1.10. The Bertz CT molecular complexity index is 1220. The van der Waals surface area contributed by atoms with E-state index in [4.69, 9.17) is 9.47 Å². The standard InChI is InChI=1S/C17H14F2N4O6S2/c1-28-11-4-3-10(15(5-11)29-2)8-22(17-20-9-21-30-17)31(26,27)16-7-12(18)14(23(24)25)6-13(16)19/h3-7,9H,8H2,1-2H3. The first-order valence-electron chi connectivity index (χ1n) is 8.32. The first kappa shape index (κ1) is 22.3. The fourth-order valence-electron chi connectivity index (χ4n) is 2.64. The fourth-order valence-corrected chi connectivity index (χ4v) is 4.83. The molecule has 0 aliphatic rings. The van der Waals surface area contributed by atoms with Crippen LogP contribution in [0.5, 0.6) is 11.5 Å². The minimum Gasteiger partial charge on any atom is -0.497 e. The second-order valence-electron chi connectivity index (χ2n) is 5.90. The van der Waals surface area contributed by atoms with Crippen LogP contribution in [0.3, 0.4) is 0 Å². The lowest BCUT2D eigenvalue weighted by Gasteiger charge is -2.23. The predicted molar refractivity (Wildman–Crippen MR) is 106 cm³/mol. The minimum absolute atomic E-state index is 0.129. The molecule has 3 rings (SSSR count). The Kier molecular flexibility index (Phi) is 6.31. The Hall–Kier alpha value is -3.39. The Morgan fingerprint density at radius 3 is 2.48 bits per heavy atom. The topological polar surface area (TPSA) is 125 Å². The number of nitrogens with zero attached hydrogens (tertiary/aromatic N) is 4. The van der Waals surface area contributed by atoms with Gasteiger partial charge in [-0.2, -0.15) is 8.76 Å². The van der Waals surface area contributed by atoms with Crippen LogP contribution in [-0.2, 0) is 16.6 Å². The second kappa shape index (κ2) is 8.77. The Morgan fingerprint density at radius 1 is 1.16 bits per heavy atom. The van der Waals surface area contributed by atoms with Crippen LogP contribution in [0.1, 0.15) is 5.56 Å². The highest BCUT2D eigenvalue weighted by Gasteiger charge is 2.33. The molecule has 14 heteroatoms. The van der Waals surface area contributed by atoms with E-state index in [9.17, 15) is 27.3 Å². The van der Waals surface area contributed by atoms with Gasteiger partial charge in [-0.1, -0.05) is 0 Å². The quantitative estimate of drug-likeness (QED) is 0.362. The van der Waals surface area contributed by atoms with Gasteiger partial charge in [-0.05, 0) is 12.1 Å². The third-order valence-electron chi connectivity index (χ3n) is 4.14. The molecule has 0 saturated heterocycles. The van der Waals surface area contributed by atoms with Gasteiger partial charge in [-0.3, -0.25) is 10.1 Å². The molecule has 0 atom stereocenters. The zero-order valence-corrected chi connectivity index (χ0v) is 17.6. The highest BCUT2D eigenvalue weighted by atomic mass is 32.2. The molecule has 0 unspecified atom stereocenters. The van der Waals surface area contributed by atoms with Crippen molar-refractivity contribution in [2.75, 3.05) is 18.5 Å². The van der Waals surface area contributed by atoms with E-state index in [1.54, 1.807) is 6.07 Å². The molecule has 3 aromatic rings. The molecule has 0 fully saturated rings. The summed E-state index contributed by atoms with van der Waals surface area (Å²) < 4.78 is 69.9. The van der Waals surface area contributed by atoms with E-state index in [1.807, 2.05) is 0 Å². The van der Waals surface area contributed by atoms with E-state index in [2.05, 4.69) is 9.36 Å². The van der Waals surface area contributed by atoms with Crippen molar-refractivity contribution in [2.45, 2.75) is 11.4 Å². The Labute approximate surface area is 179 Å². The van der Waals surface area contributed by atoms with E-state index < -0.39 is 37.2 Å². The number of halogens is 2. The zero-order chi connectivity index (χ0) is 22.8. The normalized spacial score (nSPS) is 11.2. The molecule has 2 aromatic carbocycles. The number of hydrogen-bond acceptors (Lipinski definition) is 9. The number of benzene rings is 2. The SMILES string of the molecule is COc1ccc(CN(c2ncns2)S(=O)(=O)c2cc(F)c([N+](=O)[O-])cc2F)c(OC)c1. The molecule has 1 aromatic heterocycles. The molecule has 0 aliphatic heterocycles. The van der Waals surface area contributed by atoms with Crippen molar-refractivity contribution in [3.63, 3.8) is 0 Å². The van der Waals surface area contributed by atoms with E-state index in [1.165, 1.54) is 26.4 Å². The summed E-state index contributed by atoms with van der Waals surface area (Å²) in [4.78, 5) is 12.4. The summed E-state index contributed by atoms with van der Waals surface area (Å²) in [6, 6.07) is 5.10. The number of anilines is 1. The van der Waals surface area contributed by atoms with Crippen molar-refractivity contribution in [2.24, 2.45) is 0 Å². The van der Waals surface area contributed by atoms with Crippen molar-refractivity contribution in [3.8, 4) is 11.5 Å². The maximum Gasteiger partial charge on any atom is 0.307 e. The number of rotatable bonds is 8. The van der Waals surface area contributed by atoms with Crippen molar-refractivity contribution < 1.29 is 31.6 Å². The van der Waals surface area contributed by atoms with Gasteiger partial charge in [0.2, 0.25) is 10.9 Å². The molecule has 0 radical (unpaired) electrons. The van der Waals surface area contributed by atoms with Gasteiger partial charge in [0.15, 0.2) is 5.82 Å². The van der Waals surface area contributed by atoms with Gasteiger partial charge < -0.3 is 9.47 Å².